The van der Waals surface area contributed by atoms with Crippen LogP contribution >= 0.6 is 0 Å². The Kier molecular flexibility index (Phi) is 2.99. The fourth-order valence-corrected chi connectivity index (χ4v) is 4.48. The first-order chi connectivity index (χ1) is 12.9. The quantitative estimate of drug-likeness (QED) is 0.430. The number of benzene rings is 1. The number of hydrogen-bond acceptors (Lipinski definition) is 9. The molecule has 0 amide bonds. The smallest absolute Gasteiger partial charge is 0.347 e. The Morgan fingerprint density at radius 3 is 1.85 bits per heavy atom. The molecule has 0 unspecified atom stereocenters. The molecule has 2 fully saturated rings. The number of hydrogen-bond donors (Lipinski definition) is 0. The molecule has 1 aromatic carbocycles. The van der Waals surface area contributed by atoms with Crippen molar-refractivity contribution in [2.45, 2.75) is 25.2 Å². The van der Waals surface area contributed by atoms with Gasteiger partial charge < -0.3 is 13.6 Å². The van der Waals surface area contributed by atoms with Crippen molar-refractivity contribution < 1.29 is 23.2 Å². The maximum absolute atomic E-state index is 12.2. The van der Waals surface area contributed by atoms with Crippen LogP contribution in [0.1, 0.15) is 30.7 Å². The van der Waals surface area contributed by atoms with Gasteiger partial charge in [-0.25, -0.2) is 19.2 Å². The molecular formula is C18H10O9. The van der Waals surface area contributed by atoms with Crippen LogP contribution in [0.15, 0.2) is 34.1 Å². The van der Waals surface area contributed by atoms with E-state index in [1.807, 2.05) is 0 Å². The van der Waals surface area contributed by atoms with Crippen molar-refractivity contribution in [1.29, 1.82) is 0 Å². The van der Waals surface area contributed by atoms with Crippen LogP contribution in [0, 0.1) is 11.8 Å². The highest BCUT2D eigenvalue weighted by Gasteiger charge is 2.48. The van der Waals surface area contributed by atoms with Gasteiger partial charge in [-0.15, -0.1) is 0 Å². The number of esters is 2. The third kappa shape index (κ3) is 1.99. The van der Waals surface area contributed by atoms with E-state index in [2.05, 4.69) is 13.6 Å². The molecule has 3 aromatic rings. The van der Waals surface area contributed by atoms with Crippen molar-refractivity contribution in [2.24, 2.45) is 11.8 Å². The number of furan rings is 2. The zero-order valence-corrected chi connectivity index (χ0v) is 13.6. The highest BCUT2D eigenvalue weighted by atomic mass is 16.6. The summed E-state index contributed by atoms with van der Waals surface area (Å²) in [5.41, 5.74) is -3.45. The third-order valence-corrected chi connectivity index (χ3v) is 5.65. The monoisotopic (exact) mass is 370 g/mol. The fourth-order valence-electron chi connectivity index (χ4n) is 4.48. The first-order valence-electron chi connectivity index (χ1n) is 8.36. The summed E-state index contributed by atoms with van der Waals surface area (Å²) < 4.78 is 14.0. The van der Waals surface area contributed by atoms with Crippen LogP contribution in [0.4, 0.5) is 0 Å². The molecule has 2 aliphatic rings. The lowest BCUT2D eigenvalue weighted by atomic mass is 9.71. The average Bonchev–Trinajstić information content (AvgIpc) is 3.19. The summed E-state index contributed by atoms with van der Waals surface area (Å²) in [6.07, 6.45) is 0.848. The van der Waals surface area contributed by atoms with E-state index in [0.29, 0.717) is 12.8 Å². The van der Waals surface area contributed by atoms with Crippen LogP contribution in [0.2, 0.25) is 0 Å². The fraction of sp³-hybridized carbons (Fsp3) is 0.333. The van der Waals surface area contributed by atoms with Crippen LogP contribution in [0.5, 0.6) is 0 Å². The van der Waals surface area contributed by atoms with Crippen LogP contribution in [0.25, 0.3) is 21.5 Å². The second-order valence-electron chi connectivity index (χ2n) is 6.95. The van der Waals surface area contributed by atoms with Gasteiger partial charge in [0.2, 0.25) is 0 Å². The minimum absolute atomic E-state index is 0.0773. The van der Waals surface area contributed by atoms with Gasteiger partial charge in [0.25, 0.3) is 0 Å². The van der Waals surface area contributed by atoms with Crippen LogP contribution in [-0.4, -0.2) is 11.9 Å². The van der Waals surface area contributed by atoms with Gasteiger partial charge in [0, 0.05) is 0 Å². The molecule has 3 atom stereocenters. The van der Waals surface area contributed by atoms with Gasteiger partial charge in [0.15, 0.2) is 0 Å². The van der Waals surface area contributed by atoms with Gasteiger partial charge in [-0.05, 0) is 36.8 Å². The first-order valence-corrected chi connectivity index (χ1v) is 8.36. The van der Waals surface area contributed by atoms with Gasteiger partial charge in [-0.2, -0.15) is 0 Å². The third-order valence-electron chi connectivity index (χ3n) is 5.65. The molecule has 0 spiro atoms. The summed E-state index contributed by atoms with van der Waals surface area (Å²) in [4.78, 5) is 72.2. The molecular weight excluding hydrogens is 360 g/mol. The van der Waals surface area contributed by atoms with Gasteiger partial charge in [0.1, 0.15) is 0 Å². The molecule has 0 radical (unpaired) electrons. The van der Waals surface area contributed by atoms with Gasteiger partial charge in [-0.3, -0.25) is 9.59 Å². The summed E-state index contributed by atoms with van der Waals surface area (Å²) in [5.74, 6) is -2.97. The molecule has 5 rings (SSSR count). The molecule has 0 bridgehead atoms. The summed E-state index contributed by atoms with van der Waals surface area (Å²) in [5, 5.41) is -0.363. The van der Waals surface area contributed by atoms with Crippen molar-refractivity contribution in [1.82, 2.24) is 0 Å². The normalized spacial score (nSPS) is 25.3. The molecule has 9 nitrogen and oxygen atoms in total. The molecule has 27 heavy (non-hydrogen) atoms. The molecule has 1 aliphatic carbocycles. The standard InChI is InChI=1S/C18H10O9/c19-13-6-2-1-5(3-7(6)14(20)25-13)10-11-8(15(21)26-17(11)23)4-9-12(10)18(24)27-16(9)22/h4-7H,1-3H2/t5-,6-,7+/m1/s1. The molecule has 3 heterocycles. The predicted molar refractivity (Wildman–Crippen MR) is 88.1 cm³/mol. The van der Waals surface area contributed by atoms with Gasteiger partial charge in [-0.1, -0.05) is 0 Å². The average molecular weight is 370 g/mol. The number of ether oxygens (including phenoxy) is 1. The highest BCUT2D eigenvalue weighted by Crippen LogP contribution is 2.45. The Morgan fingerprint density at radius 2 is 1.26 bits per heavy atom. The van der Waals surface area contributed by atoms with E-state index in [0.717, 1.165) is 6.07 Å². The molecule has 2 aromatic heterocycles. The number of carbonyl (C=O) groups excluding carboxylic acids is 2. The van der Waals surface area contributed by atoms with E-state index in [1.54, 1.807) is 0 Å². The Bertz CT molecular complexity index is 1290. The lowest BCUT2D eigenvalue weighted by molar-refractivity contribution is -0.153. The van der Waals surface area contributed by atoms with E-state index < -0.39 is 52.2 Å². The second kappa shape index (κ2) is 5.09. The number of rotatable bonds is 1. The number of carbonyl (C=O) groups is 2. The van der Waals surface area contributed by atoms with Crippen molar-refractivity contribution in [3.05, 3.63) is 53.3 Å². The van der Waals surface area contributed by atoms with Crippen molar-refractivity contribution >= 4 is 33.5 Å². The second-order valence-corrected chi connectivity index (χ2v) is 6.95. The maximum Gasteiger partial charge on any atom is 0.347 e. The highest BCUT2D eigenvalue weighted by molar-refractivity contribution is 6.02. The van der Waals surface area contributed by atoms with Gasteiger partial charge >= 0.3 is 34.4 Å². The molecule has 1 saturated heterocycles. The van der Waals surface area contributed by atoms with Crippen LogP contribution in [-0.2, 0) is 14.3 Å². The molecule has 0 N–H and O–H groups in total. The Hall–Kier alpha value is -3.36. The summed E-state index contributed by atoms with van der Waals surface area (Å²) >= 11 is 0. The van der Waals surface area contributed by atoms with Crippen molar-refractivity contribution in [3.63, 3.8) is 0 Å². The largest absolute Gasteiger partial charge is 0.393 e. The Morgan fingerprint density at radius 1 is 0.704 bits per heavy atom. The SMILES string of the molecule is O=C1OC(=O)[C@@H]2CC[C@@H](c3c4c(=O)oc(=O)c4cc4c(=O)oc(=O)c34)C[C@H]12. The molecule has 1 saturated carbocycles. The maximum atomic E-state index is 12.2. The van der Waals surface area contributed by atoms with E-state index in [4.69, 9.17) is 0 Å². The summed E-state index contributed by atoms with van der Waals surface area (Å²) in [6, 6.07) is 1.13. The topological polar surface area (TPSA) is 138 Å². The summed E-state index contributed by atoms with van der Waals surface area (Å²) in [6.45, 7) is 0. The van der Waals surface area contributed by atoms with E-state index >= 15 is 0 Å². The predicted octanol–water partition coefficient (Wildman–Crippen LogP) is 0.0787. The van der Waals surface area contributed by atoms with E-state index in [9.17, 15) is 28.8 Å². The summed E-state index contributed by atoms with van der Waals surface area (Å²) in [7, 11) is 0. The Labute approximate surface area is 147 Å². The lowest BCUT2D eigenvalue weighted by Gasteiger charge is -2.28. The van der Waals surface area contributed by atoms with Gasteiger partial charge in [0.05, 0.1) is 33.4 Å². The number of fused-ring (bicyclic) bond motifs is 3. The van der Waals surface area contributed by atoms with E-state index in [1.165, 1.54) is 0 Å². The minimum atomic E-state index is -0.910. The lowest BCUT2D eigenvalue weighted by Crippen LogP contribution is -2.27. The molecule has 9 heteroatoms. The molecule has 1 aliphatic heterocycles. The van der Waals surface area contributed by atoms with Crippen molar-refractivity contribution in [3.8, 4) is 0 Å². The van der Waals surface area contributed by atoms with Crippen LogP contribution < -0.4 is 22.5 Å². The van der Waals surface area contributed by atoms with Crippen molar-refractivity contribution in [2.75, 3.05) is 0 Å². The zero-order chi connectivity index (χ0) is 19.0. The molecule has 136 valence electrons. The number of cyclic esters (lactones) is 2. The van der Waals surface area contributed by atoms with Crippen LogP contribution in [0.3, 0.4) is 0 Å². The zero-order valence-electron chi connectivity index (χ0n) is 13.6. The van der Waals surface area contributed by atoms with E-state index in [-0.39, 0.29) is 33.5 Å². The first kappa shape index (κ1) is 15.9. The Balaban J connectivity index is 1.81. The minimum Gasteiger partial charge on any atom is -0.393 e.